The Morgan fingerprint density at radius 2 is 1.69 bits per heavy atom. The first-order valence-electron chi connectivity index (χ1n) is 14.2. The summed E-state index contributed by atoms with van der Waals surface area (Å²) in [5.41, 5.74) is -2.79. The number of ketones is 3. The van der Waals surface area contributed by atoms with Gasteiger partial charge in [0.05, 0.1) is 5.56 Å². The Kier molecular flexibility index (Phi) is 6.41. The van der Waals surface area contributed by atoms with E-state index in [9.17, 15) is 34.8 Å². The van der Waals surface area contributed by atoms with Gasteiger partial charge in [-0.05, 0) is 54.7 Å². The third-order valence-electron chi connectivity index (χ3n) is 9.99. The molecule has 0 unspecified atom stereocenters. The predicted octanol–water partition coefficient (Wildman–Crippen LogP) is 5.55. The summed E-state index contributed by atoms with van der Waals surface area (Å²) in [6, 6.07) is 2.05. The smallest absolute Gasteiger partial charge is 0.203 e. The largest absolute Gasteiger partial charge is 0.508 e. The molecule has 0 amide bonds. The van der Waals surface area contributed by atoms with Gasteiger partial charge in [-0.2, -0.15) is 0 Å². The number of carbonyl (C=O) groups is 3. The number of allylic oxidation sites excluding steroid dienone is 1. The van der Waals surface area contributed by atoms with Crippen molar-refractivity contribution in [2.24, 2.45) is 16.7 Å². The Bertz CT molecular complexity index is 1360. The zero-order chi connectivity index (χ0) is 28.7. The van der Waals surface area contributed by atoms with Crippen molar-refractivity contribution in [1.82, 2.24) is 0 Å². The number of phenols is 1. The molecule has 0 radical (unpaired) electrons. The van der Waals surface area contributed by atoms with Crippen LogP contribution in [0.1, 0.15) is 108 Å². The van der Waals surface area contributed by atoms with Crippen molar-refractivity contribution in [1.29, 1.82) is 0 Å². The van der Waals surface area contributed by atoms with Crippen molar-refractivity contribution < 1.29 is 34.8 Å². The number of hydrogen-bond acceptors (Lipinski definition) is 7. The second-order valence-electron chi connectivity index (χ2n) is 13.3. The molecule has 0 spiro atoms. The lowest BCUT2D eigenvalue weighted by molar-refractivity contribution is -0.164. The van der Waals surface area contributed by atoms with E-state index in [-0.39, 0.29) is 35.6 Å². The topological polar surface area (TPSA) is 132 Å². The molecule has 0 aliphatic heterocycles. The third kappa shape index (κ3) is 3.83. The lowest BCUT2D eigenvalue weighted by Gasteiger charge is -2.56. The van der Waals surface area contributed by atoms with Crippen LogP contribution < -0.4 is 0 Å². The molecule has 7 nitrogen and oxygen atoms in total. The molecule has 2 fully saturated rings. The Hall–Kier alpha value is -2.93. The van der Waals surface area contributed by atoms with Gasteiger partial charge < -0.3 is 20.4 Å². The first kappa shape index (κ1) is 27.6. The van der Waals surface area contributed by atoms with Gasteiger partial charge in [0.25, 0.3) is 0 Å². The maximum atomic E-state index is 14.2. The van der Waals surface area contributed by atoms with Crippen LogP contribution in [-0.2, 0) is 27.2 Å². The number of phenolic OH excluding ortho intramolecular Hbond substituents is 1. The average Bonchev–Trinajstić information content (AvgIpc) is 2.83. The van der Waals surface area contributed by atoms with Crippen molar-refractivity contribution in [2.45, 2.75) is 104 Å². The fourth-order valence-corrected chi connectivity index (χ4v) is 8.18. The summed E-state index contributed by atoms with van der Waals surface area (Å²) in [5.74, 6) is -3.09. The van der Waals surface area contributed by atoms with E-state index in [1.54, 1.807) is 6.92 Å². The SMILES string of the molecule is CC(=O)C1=C(O)[C@]2(O)C(=O)C3=C(O)c4c(O)c(CC5CCCCC5)cc(C(C)C)c4C[C@]3(C)C[C@]2(C)CC1=O. The van der Waals surface area contributed by atoms with Gasteiger partial charge in [0.1, 0.15) is 22.8 Å². The molecular formula is C32H40O7. The maximum Gasteiger partial charge on any atom is 0.203 e. The van der Waals surface area contributed by atoms with E-state index in [0.29, 0.717) is 18.8 Å². The summed E-state index contributed by atoms with van der Waals surface area (Å²) in [4.78, 5) is 39.3. The molecular weight excluding hydrogens is 496 g/mol. The first-order chi connectivity index (χ1) is 18.2. The molecule has 39 heavy (non-hydrogen) atoms. The van der Waals surface area contributed by atoms with E-state index in [2.05, 4.69) is 19.9 Å². The van der Waals surface area contributed by atoms with E-state index in [1.807, 2.05) is 6.92 Å². The molecule has 2 saturated carbocycles. The molecule has 3 atom stereocenters. The summed E-state index contributed by atoms with van der Waals surface area (Å²) in [6.07, 6.45) is 6.56. The number of fused-ring (bicyclic) bond motifs is 3. The number of aromatic hydroxyl groups is 1. The van der Waals surface area contributed by atoms with Crippen molar-refractivity contribution in [3.8, 4) is 5.75 Å². The average molecular weight is 537 g/mol. The summed E-state index contributed by atoms with van der Waals surface area (Å²) in [6.45, 7) is 8.65. The van der Waals surface area contributed by atoms with Crippen molar-refractivity contribution >= 4 is 23.1 Å². The number of rotatable bonds is 4. The molecule has 0 bridgehead atoms. The Balaban J connectivity index is 1.73. The van der Waals surface area contributed by atoms with Crippen LogP contribution in [0.3, 0.4) is 0 Å². The molecule has 5 rings (SSSR count). The monoisotopic (exact) mass is 536 g/mol. The minimum atomic E-state index is -2.54. The van der Waals surface area contributed by atoms with E-state index in [4.69, 9.17) is 0 Å². The van der Waals surface area contributed by atoms with Crippen LogP contribution in [0, 0.1) is 16.7 Å². The van der Waals surface area contributed by atoms with Crippen LogP contribution in [0.25, 0.3) is 5.76 Å². The van der Waals surface area contributed by atoms with Crippen LogP contribution in [0.2, 0.25) is 0 Å². The van der Waals surface area contributed by atoms with Crippen LogP contribution in [-0.4, -0.2) is 43.4 Å². The summed E-state index contributed by atoms with van der Waals surface area (Å²) < 4.78 is 0. The Morgan fingerprint density at radius 3 is 2.28 bits per heavy atom. The molecule has 0 heterocycles. The van der Waals surface area contributed by atoms with Gasteiger partial charge in [0, 0.05) is 22.8 Å². The van der Waals surface area contributed by atoms with Crippen LogP contribution in [0.15, 0.2) is 23.0 Å². The molecule has 4 aliphatic carbocycles. The summed E-state index contributed by atoms with van der Waals surface area (Å²) in [5, 5.41) is 46.2. The van der Waals surface area contributed by atoms with Gasteiger partial charge in [-0.15, -0.1) is 0 Å². The van der Waals surface area contributed by atoms with Gasteiger partial charge in [-0.1, -0.05) is 65.9 Å². The van der Waals surface area contributed by atoms with Gasteiger partial charge in [0.2, 0.25) is 5.78 Å². The fraction of sp³-hybridized carbons (Fsp3) is 0.594. The quantitative estimate of drug-likeness (QED) is 0.371. The third-order valence-corrected chi connectivity index (χ3v) is 9.99. The van der Waals surface area contributed by atoms with Crippen molar-refractivity contribution in [2.75, 3.05) is 0 Å². The highest BCUT2D eigenvalue weighted by Gasteiger charge is 2.68. The molecule has 1 aromatic carbocycles. The number of Topliss-reactive ketones (excluding diaryl/α,β-unsaturated/α-hetero) is 3. The Morgan fingerprint density at radius 1 is 1.05 bits per heavy atom. The molecule has 1 aromatic rings. The predicted molar refractivity (Wildman–Crippen MR) is 146 cm³/mol. The number of hydrogen-bond donors (Lipinski definition) is 4. The zero-order valence-corrected chi connectivity index (χ0v) is 23.6. The van der Waals surface area contributed by atoms with E-state index < -0.39 is 50.9 Å². The van der Waals surface area contributed by atoms with Gasteiger partial charge >= 0.3 is 0 Å². The fourth-order valence-electron chi connectivity index (χ4n) is 8.18. The zero-order valence-electron chi connectivity index (χ0n) is 23.6. The molecule has 4 aliphatic rings. The normalized spacial score (nSPS) is 31.4. The number of aliphatic hydroxyl groups excluding tert-OH is 2. The standard InChI is InChI=1S/C32H40O7/c1-16(2)20-12-19(11-18-9-7-6-8-10-18)26(35)24-21(20)13-30(4)15-31(5)14-22(34)23(17(3)33)28(37)32(31,39)29(38)25(30)27(24)36/h12,16,18,35-37,39H,6-11,13-15H2,1-5H3/t30-,31+,32+/m1/s1. The lowest BCUT2D eigenvalue weighted by atomic mass is 9.47. The molecule has 0 aromatic heterocycles. The van der Waals surface area contributed by atoms with Gasteiger partial charge in [-0.25, -0.2) is 0 Å². The van der Waals surface area contributed by atoms with Crippen LogP contribution >= 0.6 is 0 Å². The van der Waals surface area contributed by atoms with Gasteiger partial charge in [-0.3, -0.25) is 14.4 Å². The van der Waals surface area contributed by atoms with E-state index in [0.717, 1.165) is 49.3 Å². The van der Waals surface area contributed by atoms with E-state index in [1.165, 1.54) is 6.42 Å². The van der Waals surface area contributed by atoms with Gasteiger partial charge in [0.15, 0.2) is 17.2 Å². The maximum absolute atomic E-state index is 14.2. The van der Waals surface area contributed by atoms with Crippen molar-refractivity contribution in [3.63, 3.8) is 0 Å². The number of aliphatic hydroxyl groups is 3. The van der Waals surface area contributed by atoms with Crippen molar-refractivity contribution in [3.05, 3.63) is 45.2 Å². The summed E-state index contributed by atoms with van der Waals surface area (Å²) in [7, 11) is 0. The minimum Gasteiger partial charge on any atom is -0.508 e. The highest BCUT2D eigenvalue weighted by atomic mass is 16.3. The lowest BCUT2D eigenvalue weighted by Crippen LogP contribution is -2.65. The van der Waals surface area contributed by atoms with E-state index >= 15 is 0 Å². The molecule has 0 saturated heterocycles. The van der Waals surface area contributed by atoms with Crippen LogP contribution in [0.4, 0.5) is 0 Å². The first-order valence-corrected chi connectivity index (χ1v) is 14.2. The number of carbonyl (C=O) groups excluding carboxylic acids is 3. The molecule has 210 valence electrons. The second kappa shape index (κ2) is 9.05. The molecule has 7 heteroatoms. The highest BCUT2D eigenvalue weighted by molar-refractivity contribution is 6.23. The van der Waals surface area contributed by atoms with Crippen LogP contribution in [0.5, 0.6) is 5.75 Å². The number of benzene rings is 1. The molecule has 4 N–H and O–H groups in total. The minimum absolute atomic E-state index is 0.0387. The highest BCUT2D eigenvalue weighted by Crippen LogP contribution is 2.63. The second-order valence-corrected chi connectivity index (χ2v) is 13.3. The Labute approximate surface area is 229 Å². The summed E-state index contributed by atoms with van der Waals surface area (Å²) >= 11 is 0.